The number of hydrogen-bond donors (Lipinski definition) is 2. The molecule has 0 saturated heterocycles. The first-order valence-electron chi connectivity index (χ1n) is 8.21. The highest BCUT2D eigenvalue weighted by Crippen LogP contribution is 2.32. The summed E-state index contributed by atoms with van der Waals surface area (Å²) in [5.41, 5.74) is -1.52. The number of guanidine groups is 1. The molecule has 2 N–H and O–H groups in total. The Labute approximate surface area is 180 Å². The molecule has 5 nitrogen and oxygen atoms in total. The predicted molar refractivity (Wildman–Crippen MR) is 113 cm³/mol. The quantitative estimate of drug-likeness (QED) is 0.241. The Morgan fingerprint density at radius 3 is 2.29 bits per heavy atom. The van der Waals surface area contributed by atoms with Crippen LogP contribution in [0.4, 0.5) is 17.6 Å². The number of halogens is 5. The Hall–Kier alpha value is -1.11. The number of alkyl halides is 3. The molecule has 0 bridgehead atoms. The molecular formula is C17H26F4IN3O2S. The fourth-order valence-corrected chi connectivity index (χ4v) is 3.16. The molecule has 1 aromatic carbocycles. The molecule has 0 aliphatic rings. The van der Waals surface area contributed by atoms with Crippen LogP contribution in [-0.4, -0.2) is 40.0 Å². The summed E-state index contributed by atoms with van der Waals surface area (Å²) in [7, 11) is -1.61. The molecule has 0 amide bonds. The first-order chi connectivity index (χ1) is 12.2. The number of hydrogen-bond acceptors (Lipinski definition) is 3. The Morgan fingerprint density at radius 1 is 1.18 bits per heavy atom. The molecule has 1 aromatic rings. The highest BCUT2D eigenvalue weighted by Gasteiger charge is 2.33. The average molecular weight is 539 g/mol. The Morgan fingerprint density at radius 2 is 1.79 bits per heavy atom. The molecule has 0 aliphatic carbocycles. The van der Waals surface area contributed by atoms with E-state index < -0.39 is 27.4 Å². The third-order valence-electron chi connectivity index (χ3n) is 3.93. The minimum atomic E-state index is -4.66. The van der Waals surface area contributed by atoms with Gasteiger partial charge in [-0.3, -0.25) is 4.99 Å². The van der Waals surface area contributed by atoms with E-state index in [1.54, 1.807) is 0 Å². The standard InChI is InChI=1S/C17H25F4N3O2S.HI/c1-16(2,7-8-27(4,25)26)11-24-15(22-3)23-10-12-5-6-13(18)9-14(12)17(19,20)21;/h5-6,9H,7-8,10-11H2,1-4H3,(H2,22,23,24);1H. The van der Waals surface area contributed by atoms with Crippen LogP contribution in [0.2, 0.25) is 0 Å². The van der Waals surface area contributed by atoms with Crippen molar-refractivity contribution in [2.45, 2.75) is 33.0 Å². The summed E-state index contributed by atoms with van der Waals surface area (Å²) >= 11 is 0. The van der Waals surface area contributed by atoms with Crippen LogP contribution in [0.1, 0.15) is 31.4 Å². The summed E-state index contributed by atoms with van der Waals surface area (Å²) in [5.74, 6) is -0.654. The second kappa shape index (κ2) is 10.6. The molecule has 0 unspecified atom stereocenters. The molecule has 0 saturated carbocycles. The molecule has 28 heavy (non-hydrogen) atoms. The summed E-state index contributed by atoms with van der Waals surface area (Å²) < 4.78 is 74.8. The number of nitrogens with one attached hydrogen (secondary N) is 2. The van der Waals surface area contributed by atoms with Crippen molar-refractivity contribution < 1.29 is 26.0 Å². The maximum atomic E-state index is 13.2. The zero-order chi connectivity index (χ0) is 20.9. The minimum absolute atomic E-state index is 0. The van der Waals surface area contributed by atoms with E-state index in [0.29, 0.717) is 19.0 Å². The van der Waals surface area contributed by atoms with Gasteiger partial charge in [-0.1, -0.05) is 19.9 Å². The Bertz CT molecular complexity index is 781. The lowest BCUT2D eigenvalue weighted by molar-refractivity contribution is -0.138. The zero-order valence-corrected chi connectivity index (χ0v) is 19.3. The number of rotatable bonds is 7. The fourth-order valence-electron chi connectivity index (χ4n) is 2.24. The van der Waals surface area contributed by atoms with Gasteiger partial charge in [-0.05, 0) is 29.5 Å². The van der Waals surface area contributed by atoms with Gasteiger partial charge in [-0.15, -0.1) is 24.0 Å². The van der Waals surface area contributed by atoms with Crippen molar-refractivity contribution >= 4 is 39.8 Å². The molecule has 0 spiro atoms. The number of benzene rings is 1. The van der Waals surface area contributed by atoms with Crippen LogP contribution >= 0.6 is 24.0 Å². The van der Waals surface area contributed by atoms with E-state index in [1.165, 1.54) is 7.05 Å². The van der Waals surface area contributed by atoms with Gasteiger partial charge in [0.15, 0.2) is 5.96 Å². The fraction of sp³-hybridized carbons (Fsp3) is 0.588. The highest BCUT2D eigenvalue weighted by atomic mass is 127. The third kappa shape index (κ3) is 9.89. The predicted octanol–water partition coefficient (Wildman–Crippen LogP) is 3.59. The van der Waals surface area contributed by atoms with Crippen LogP contribution in [-0.2, 0) is 22.6 Å². The van der Waals surface area contributed by atoms with E-state index in [2.05, 4.69) is 15.6 Å². The zero-order valence-electron chi connectivity index (χ0n) is 16.2. The van der Waals surface area contributed by atoms with Crippen LogP contribution in [0.3, 0.4) is 0 Å². The molecule has 0 radical (unpaired) electrons. The van der Waals surface area contributed by atoms with Crippen molar-refractivity contribution in [3.05, 3.63) is 35.1 Å². The van der Waals surface area contributed by atoms with Gasteiger partial charge in [0.2, 0.25) is 0 Å². The molecule has 11 heteroatoms. The van der Waals surface area contributed by atoms with E-state index in [1.807, 2.05) is 13.8 Å². The summed E-state index contributed by atoms with van der Waals surface area (Å²) in [6, 6.07) is 2.51. The largest absolute Gasteiger partial charge is 0.416 e. The lowest BCUT2D eigenvalue weighted by Crippen LogP contribution is -2.42. The maximum Gasteiger partial charge on any atom is 0.416 e. The molecule has 0 heterocycles. The second-order valence-corrected chi connectivity index (χ2v) is 9.38. The Balaban J connectivity index is 0.00000729. The second-order valence-electron chi connectivity index (χ2n) is 7.12. The summed E-state index contributed by atoms with van der Waals surface area (Å²) in [5, 5.41) is 5.74. The lowest BCUT2D eigenvalue weighted by atomic mass is 9.90. The van der Waals surface area contributed by atoms with E-state index >= 15 is 0 Å². The summed E-state index contributed by atoms with van der Waals surface area (Å²) in [6.45, 7) is 3.93. The number of aliphatic imine (C=N–C) groups is 1. The first kappa shape index (κ1) is 26.9. The van der Waals surface area contributed by atoms with Gasteiger partial charge in [0.25, 0.3) is 0 Å². The maximum absolute atomic E-state index is 13.2. The molecule has 162 valence electrons. The van der Waals surface area contributed by atoms with Crippen molar-refractivity contribution in [1.29, 1.82) is 0 Å². The van der Waals surface area contributed by atoms with Crippen LogP contribution < -0.4 is 10.6 Å². The molecule has 0 atom stereocenters. The van der Waals surface area contributed by atoms with Crippen LogP contribution in [0, 0.1) is 11.2 Å². The number of nitrogens with zero attached hydrogens (tertiary/aromatic N) is 1. The van der Waals surface area contributed by atoms with Gasteiger partial charge >= 0.3 is 6.18 Å². The smallest absolute Gasteiger partial charge is 0.356 e. The van der Waals surface area contributed by atoms with Crippen molar-refractivity contribution in [3.63, 3.8) is 0 Å². The van der Waals surface area contributed by atoms with Gasteiger partial charge in [-0.2, -0.15) is 13.2 Å². The molecule has 0 aromatic heterocycles. The average Bonchev–Trinajstić information content (AvgIpc) is 2.53. The van der Waals surface area contributed by atoms with Gasteiger partial charge in [0.05, 0.1) is 11.3 Å². The van der Waals surface area contributed by atoms with E-state index in [4.69, 9.17) is 0 Å². The normalized spacial score (nSPS) is 13.1. The topological polar surface area (TPSA) is 70.6 Å². The van der Waals surface area contributed by atoms with Gasteiger partial charge < -0.3 is 10.6 Å². The monoisotopic (exact) mass is 539 g/mol. The van der Waals surface area contributed by atoms with Gasteiger partial charge in [-0.25, -0.2) is 12.8 Å². The van der Waals surface area contributed by atoms with Crippen molar-refractivity contribution in [2.24, 2.45) is 10.4 Å². The van der Waals surface area contributed by atoms with Crippen LogP contribution in [0.5, 0.6) is 0 Å². The number of sulfone groups is 1. The van der Waals surface area contributed by atoms with Crippen molar-refractivity contribution in [1.82, 2.24) is 10.6 Å². The van der Waals surface area contributed by atoms with Crippen LogP contribution in [0.25, 0.3) is 0 Å². The Kier molecular flexibility index (Phi) is 10.2. The van der Waals surface area contributed by atoms with E-state index in [0.717, 1.165) is 18.4 Å². The van der Waals surface area contributed by atoms with Crippen molar-refractivity contribution in [2.75, 3.05) is 25.6 Å². The molecule has 0 aliphatic heterocycles. The lowest BCUT2D eigenvalue weighted by Gasteiger charge is -2.26. The van der Waals surface area contributed by atoms with Gasteiger partial charge in [0.1, 0.15) is 15.7 Å². The van der Waals surface area contributed by atoms with E-state index in [9.17, 15) is 26.0 Å². The SMILES string of the molecule is CN=C(NCc1ccc(F)cc1C(F)(F)F)NCC(C)(C)CCS(C)(=O)=O.I. The minimum Gasteiger partial charge on any atom is -0.356 e. The molecular weight excluding hydrogens is 513 g/mol. The highest BCUT2D eigenvalue weighted by molar-refractivity contribution is 14.0. The summed E-state index contributed by atoms with van der Waals surface area (Å²) in [6.07, 6.45) is -3.08. The third-order valence-corrected chi connectivity index (χ3v) is 4.88. The molecule has 0 fully saturated rings. The van der Waals surface area contributed by atoms with Crippen molar-refractivity contribution in [3.8, 4) is 0 Å². The summed E-state index contributed by atoms with van der Waals surface area (Å²) in [4.78, 5) is 3.95. The van der Waals surface area contributed by atoms with Gasteiger partial charge in [0, 0.05) is 26.4 Å². The first-order valence-corrected chi connectivity index (χ1v) is 10.3. The molecule has 1 rings (SSSR count). The van der Waals surface area contributed by atoms with Crippen LogP contribution in [0.15, 0.2) is 23.2 Å². The van der Waals surface area contributed by atoms with E-state index in [-0.39, 0.29) is 53.2 Å².